The maximum Gasteiger partial charge on any atom is 0.225 e. The van der Waals surface area contributed by atoms with Gasteiger partial charge < -0.3 is 4.90 Å². The molecule has 0 spiro atoms. The van der Waals surface area contributed by atoms with E-state index in [1.54, 1.807) is 0 Å². The predicted octanol–water partition coefficient (Wildman–Crippen LogP) is 0.995. The minimum atomic E-state index is -0.939. The minimum Gasteiger partial charge on any atom is -0.340 e. The fraction of sp³-hybridized carbons (Fsp3) is 0.500. The lowest BCUT2D eigenvalue weighted by Crippen LogP contribution is -2.49. The van der Waals surface area contributed by atoms with Crippen molar-refractivity contribution in [3.63, 3.8) is 0 Å². The molecule has 2 heterocycles. The average molecular weight is 348 g/mol. The first-order valence-electron chi connectivity index (χ1n) is 8.35. The van der Waals surface area contributed by atoms with E-state index in [9.17, 15) is 13.6 Å². The van der Waals surface area contributed by atoms with E-state index >= 15 is 0 Å². The van der Waals surface area contributed by atoms with Gasteiger partial charge in [-0.1, -0.05) is 0 Å². The molecule has 1 amide bonds. The van der Waals surface area contributed by atoms with E-state index in [4.69, 9.17) is 0 Å². The van der Waals surface area contributed by atoms with E-state index in [1.807, 2.05) is 4.90 Å². The van der Waals surface area contributed by atoms with Gasteiger partial charge in [0.1, 0.15) is 0 Å². The SMILES string of the molecule is O=C(C1CC1)N1CCN(Cc2nnnn2-c2ccc(F)c(F)c2)CC1. The van der Waals surface area contributed by atoms with Gasteiger partial charge >= 0.3 is 0 Å². The van der Waals surface area contributed by atoms with Crippen molar-refractivity contribution in [2.75, 3.05) is 26.2 Å². The Bertz CT molecular complexity index is 783. The summed E-state index contributed by atoms with van der Waals surface area (Å²) in [6, 6.07) is 3.56. The first-order valence-corrected chi connectivity index (χ1v) is 8.35. The lowest BCUT2D eigenvalue weighted by Gasteiger charge is -2.34. The van der Waals surface area contributed by atoms with E-state index in [0.29, 0.717) is 31.1 Å². The molecule has 1 saturated heterocycles. The fourth-order valence-corrected chi connectivity index (χ4v) is 3.04. The molecule has 1 saturated carbocycles. The third-order valence-electron chi connectivity index (χ3n) is 4.66. The summed E-state index contributed by atoms with van der Waals surface area (Å²) in [5.41, 5.74) is 0.376. The monoisotopic (exact) mass is 348 g/mol. The third-order valence-corrected chi connectivity index (χ3v) is 4.66. The second-order valence-electron chi connectivity index (χ2n) is 6.48. The summed E-state index contributed by atoms with van der Waals surface area (Å²) in [5.74, 6) is -0.785. The number of benzene rings is 1. The Morgan fingerprint density at radius 3 is 2.56 bits per heavy atom. The Kier molecular flexibility index (Phi) is 4.16. The quantitative estimate of drug-likeness (QED) is 0.825. The third kappa shape index (κ3) is 3.37. The highest BCUT2D eigenvalue weighted by Crippen LogP contribution is 2.31. The number of hydrogen-bond acceptors (Lipinski definition) is 5. The van der Waals surface area contributed by atoms with Crippen molar-refractivity contribution in [1.29, 1.82) is 0 Å². The lowest BCUT2D eigenvalue weighted by atomic mass is 10.2. The van der Waals surface area contributed by atoms with Gasteiger partial charge in [-0.15, -0.1) is 5.10 Å². The number of hydrogen-bond donors (Lipinski definition) is 0. The number of tetrazole rings is 1. The largest absolute Gasteiger partial charge is 0.340 e. The average Bonchev–Trinajstić information content (AvgIpc) is 3.37. The first-order chi connectivity index (χ1) is 12.1. The van der Waals surface area contributed by atoms with Gasteiger partial charge in [0, 0.05) is 38.2 Å². The molecule has 0 bridgehead atoms. The Hall–Kier alpha value is -2.42. The maximum absolute atomic E-state index is 13.4. The van der Waals surface area contributed by atoms with Crippen molar-refractivity contribution in [2.45, 2.75) is 19.4 Å². The molecule has 0 atom stereocenters. The molecular weight excluding hydrogens is 330 g/mol. The second-order valence-corrected chi connectivity index (χ2v) is 6.48. The van der Waals surface area contributed by atoms with Crippen LogP contribution in [-0.2, 0) is 11.3 Å². The van der Waals surface area contributed by atoms with E-state index in [2.05, 4.69) is 20.4 Å². The molecule has 2 aliphatic rings. The van der Waals surface area contributed by atoms with Crippen LogP contribution in [-0.4, -0.2) is 62.1 Å². The summed E-state index contributed by atoms with van der Waals surface area (Å²) in [6.45, 7) is 3.35. The number of nitrogens with zero attached hydrogens (tertiary/aromatic N) is 6. The summed E-state index contributed by atoms with van der Waals surface area (Å²) in [7, 11) is 0. The van der Waals surface area contributed by atoms with Gasteiger partial charge in [0.25, 0.3) is 0 Å². The molecular formula is C16H18F2N6O. The Morgan fingerprint density at radius 1 is 1.12 bits per heavy atom. The topological polar surface area (TPSA) is 67.2 Å². The zero-order chi connectivity index (χ0) is 17.4. The number of carbonyl (C=O) groups excluding carboxylic acids is 1. The van der Waals surface area contributed by atoms with Crippen LogP contribution in [0.4, 0.5) is 8.78 Å². The number of aromatic nitrogens is 4. The van der Waals surface area contributed by atoms with E-state index in [0.717, 1.165) is 38.1 Å². The molecule has 0 N–H and O–H groups in total. The van der Waals surface area contributed by atoms with Crippen molar-refractivity contribution >= 4 is 5.91 Å². The normalized spacial score (nSPS) is 18.6. The van der Waals surface area contributed by atoms with Crippen LogP contribution in [0.5, 0.6) is 0 Å². The molecule has 0 radical (unpaired) electrons. The van der Waals surface area contributed by atoms with Crippen molar-refractivity contribution in [2.24, 2.45) is 5.92 Å². The molecule has 1 aromatic carbocycles. The van der Waals surface area contributed by atoms with Gasteiger partial charge in [0.05, 0.1) is 12.2 Å². The first kappa shape index (κ1) is 16.1. The molecule has 7 nitrogen and oxygen atoms in total. The molecule has 2 fully saturated rings. The molecule has 132 valence electrons. The van der Waals surface area contributed by atoms with Crippen LogP contribution in [0, 0.1) is 17.6 Å². The van der Waals surface area contributed by atoms with Gasteiger partial charge in [-0.3, -0.25) is 9.69 Å². The highest BCUT2D eigenvalue weighted by atomic mass is 19.2. The number of halogens is 2. The smallest absolute Gasteiger partial charge is 0.225 e. The van der Waals surface area contributed by atoms with Crippen LogP contribution in [0.1, 0.15) is 18.7 Å². The van der Waals surface area contributed by atoms with Crippen LogP contribution < -0.4 is 0 Å². The molecule has 25 heavy (non-hydrogen) atoms. The van der Waals surface area contributed by atoms with Crippen LogP contribution in [0.2, 0.25) is 0 Å². The Balaban J connectivity index is 1.41. The number of amides is 1. The molecule has 2 aromatic rings. The zero-order valence-corrected chi connectivity index (χ0v) is 13.6. The summed E-state index contributed by atoms with van der Waals surface area (Å²) >= 11 is 0. The second kappa shape index (κ2) is 6.47. The van der Waals surface area contributed by atoms with Crippen LogP contribution >= 0.6 is 0 Å². The van der Waals surface area contributed by atoms with Crippen molar-refractivity contribution < 1.29 is 13.6 Å². The predicted molar refractivity (Wildman–Crippen MR) is 83.7 cm³/mol. The summed E-state index contributed by atoms with van der Waals surface area (Å²) in [4.78, 5) is 16.2. The van der Waals surface area contributed by atoms with Gasteiger partial charge in [0.15, 0.2) is 17.5 Å². The molecule has 0 unspecified atom stereocenters. The molecule has 9 heteroatoms. The summed E-state index contributed by atoms with van der Waals surface area (Å²) in [6.07, 6.45) is 2.03. The minimum absolute atomic E-state index is 0.243. The molecule has 1 aliphatic heterocycles. The molecule has 1 aromatic heterocycles. The van der Waals surface area contributed by atoms with E-state index < -0.39 is 11.6 Å². The van der Waals surface area contributed by atoms with Gasteiger partial charge in [-0.2, -0.15) is 4.68 Å². The van der Waals surface area contributed by atoms with E-state index in [-0.39, 0.29) is 11.8 Å². The maximum atomic E-state index is 13.4. The summed E-state index contributed by atoms with van der Waals surface area (Å²) in [5, 5.41) is 11.5. The van der Waals surface area contributed by atoms with E-state index in [1.165, 1.54) is 10.7 Å². The van der Waals surface area contributed by atoms with Gasteiger partial charge in [-0.05, 0) is 35.4 Å². The van der Waals surface area contributed by atoms with Crippen LogP contribution in [0.25, 0.3) is 5.69 Å². The number of piperazine rings is 1. The van der Waals surface area contributed by atoms with Crippen molar-refractivity contribution in [3.8, 4) is 5.69 Å². The Labute approximate surface area is 143 Å². The van der Waals surface area contributed by atoms with Gasteiger partial charge in [-0.25, -0.2) is 8.78 Å². The standard InChI is InChI=1S/C16H18F2N6O/c17-13-4-3-12(9-14(13)18)24-15(19-20-21-24)10-22-5-7-23(8-6-22)16(25)11-1-2-11/h3-4,9,11H,1-2,5-8,10H2. The van der Waals surface area contributed by atoms with Crippen molar-refractivity contribution in [3.05, 3.63) is 35.7 Å². The lowest BCUT2D eigenvalue weighted by molar-refractivity contribution is -0.134. The summed E-state index contributed by atoms with van der Waals surface area (Å²) < 4.78 is 28.0. The fourth-order valence-electron chi connectivity index (χ4n) is 3.04. The number of rotatable bonds is 4. The number of carbonyl (C=O) groups is 1. The zero-order valence-electron chi connectivity index (χ0n) is 13.6. The van der Waals surface area contributed by atoms with Crippen molar-refractivity contribution in [1.82, 2.24) is 30.0 Å². The van der Waals surface area contributed by atoms with Crippen LogP contribution in [0.3, 0.4) is 0 Å². The highest BCUT2D eigenvalue weighted by molar-refractivity contribution is 5.81. The van der Waals surface area contributed by atoms with Gasteiger partial charge in [0.2, 0.25) is 5.91 Å². The molecule has 4 rings (SSSR count). The highest BCUT2D eigenvalue weighted by Gasteiger charge is 2.34. The molecule has 1 aliphatic carbocycles. The Morgan fingerprint density at radius 2 is 1.88 bits per heavy atom. The van der Waals surface area contributed by atoms with Crippen LogP contribution in [0.15, 0.2) is 18.2 Å².